The molecule has 7 nitrogen and oxygen atoms in total. The third-order valence-corrected chi connectivity index (χ3v) is 4.77. The summed E-state index contributed by atoms with van der Waals surface area (Å²) in [5.41, 5.74) is 4.85. The topological polar surface area (TPSA) is 105 Å². The fourth-order valence-electron chi connectivity index (χ4n) is 1.97. The maximum Gasteiger partial charge on any atom is 0.335 e. The summed E-state index contributed by atoms with van der Waals surface area (Å²) in [6, 6.07) is 10.3. The highest BCUT2D eigenvalue weighted by Crippen LogP contribution is 2.27. The number of benzene rings is 2. The number of hydrazine groups is 1. The summed E-state index contributed by atoms with van der Waals surface area (Å²) in [4.78, 5) is 34.4. The minimum atomic E-state index is -1.08. The molecule has 28 heavy (non-hydrogen) atoms. The van der Waals surface area contributed by atoms with Crippen LogP contribution in [-0.2, 0) is 4.79 Å². The highest BCUT2D eigenvalue weighted by atomic mass is 35.5. The van der Waals surface area contributed by atoms with Gasteiger partial charge in [-0.3, -0.25) is 20.4 Å². The lowest BCUT2D eigenvalue weighted by Gasteiger charge is -2.09. The summed E-state index contributed by atoms with van der Waals surface area (Å²) in [6.07, 6.45) is 0. The summed E-state index contributed by atoms with van der Waals surface area (Å²) in [5, 5.41) is 9.75. The number of carbonyl (C=O) groups is 3. The number of thioether (sulfide) groups is 1. The molecule has 2 aromatic carbocycles. The Morgan fingerprint density at radius 2 is 1.68 bits per heavy atom. The normalized spacial score (nSPS) is 10.2. The number of hydrogen-bond acceptors (Lipinski definition) is 5. The van der Waals surface area contributed by atoms with Gasteiger partial charge in [-0.15, -0.1) is 11.8 Å². The van der Waals surface area contributed by atoms with Crippen molar-refractivity contribution in [3.8, 4) is 5.75 Å². The van der Waals surface area contributed by atoms with Crippen LogP contribution in [0.15, 0.2) is 42.5 Å². The van der Waals surface area contributed by atoms with E-state index in [2.05, 4.69) is 10.9 Å². The molecule has 0 radical (unpaired) electrons. The molecule has 0 saturated heterocycles. The molecule has 0 aliphatic heterocycles. The molecule has 10 heteroatoms. The average molecular weight is 443 g/mol. The lowest BCUT2D eigenvalue weighted by Crippen LogP contribution is -2.42. The van der Waals surface area contributed by atoms with E-state index in [1.165, 1.54) is 36.0 Å². The first-order chi connectivity index (χ1) is 13.4. The lowest BCUT2D eigenvalue weighted by molar-refractivity contribution is -0.119. The Balaban J connectivity index is 1.64. The van der Waals surface area contributed by atoms with Crippen molar-refractivity contribution in [3.63, 3.8) is 0 Å². The predicted molar refractivity (Wildman–Crippen MR) is 108 cm³/mol. The van der Waals surface area contributed by atoms with E-state index < -0.39 is 11.9 Å². The van der Waals surface area contributed by atoms with Gasteiger partial charge in [0, 0.05) is 16.3 Å². The van der Waals surface area contributed by atoms with Crippen molar-refractivity contribution in [3.05, 3.63) is 63.6 Å². The molecular weight excluding hydrogens is 427 g/mol. The maximum atomic E-state index is 11.9. The Bertz CT molecular complexity index is 862. The number of aromatic carboxylic acids is 1. The second-order valence-electron chi connectivity index (χ2n) is 5.36. The Labute approximate surface area is 175 Å². The predicted octanol–water partition coefficient (Wildman–Crippen LogP) is 3.26. The van der Waals surface area contributed by atoms with E-state index in [9.17, 15) is 14.4 Å². The van der Waals surface area contributed by atoms with Crippen LogP contribution in [0.4, 0.5) is 0 Å². The Hall–Kier alpha value is -2.42. The zero-order chi connectivity index (χ0) is 20.5. The highest BCUT2D eigenvalue weighted by molar-refractivity contribution is 7.99. The molecule has 0 aliphatic rings. The highest BCUT2D eigenvalue weighted by Gasteiger charge is 2.09. The number of rotatable bonds is 8. The average Bonchev–Trinajstić information content (AvgIpc) is 2.67. The standard InChI is InChI=1S/C18H16Cl2N2O5S/c19-13-5-6-15(14(20)9-13)27-7-8-28-10-16(23)21-22-17(24)11-1-3-12(4-2-11)18(25)26/h1-6,9H,7-8,10H2,(H,21,23)(H,22,24)(H,25,26). The van der Waals surface area contributed by atoms with Crippen LogP contribution in [0.1, 0.15) is 20.7 Å². The van der Waals surface area contributed by atoms with E-state index >= 15 is 0 Å². The largest absolute Gasteiger partial charge is 0.491 e. The molecule has 3 N–H and O–H groups in total. The number of hydrogen-bond donors (Lipinski definition) is 3. The molecule has 0 aromatic heterocycles. The number of carboxylic acids is 1. The number of ether oxygens (including phenoxy) is 1. The summed E-state index contributed by atoms with van der Waals surface area (Å²) in [5.74, 6) is -0.842. The first kappa shape index (κ1) is 21.9. The Morgan fingerprint density at radius 3 is 2.32 bits per heavy atom. The van der Waals surface area contributed by atoms with Crippen LogP contribution in [0.3, 0.4) is 0 Å². The molecular formula is C18H16Cl2N2O5S. The first-order valence-electron chi connectivity index (χ1n) is 7.95. The van der Waals surface area contributed by atoms with Crippen molar-refractivity contribution in [2.24, 2.45) is 0 Å². The van der Waals surface area contributed by atoms with Crippen molar-refractivity contribution in [2.75, 3.05) is 18.1 Å². The SMILES string of the molecule is O=C(CSCCOc1ccc(Cl)cc1Cl)NNC(=O)c1ccc(C(=O)O)cc1. The van der Waals surface area contributed by atoms with Crippen LogP contribution in [-0.4, -0.2) is 41.0 Å². The molecule has 0 aliphatic carbocycles. The molecule has 2 rings (SSSR count). The minimum absolute atomic E-state index is 0.0686. The molecule has 0 bridgehead atoms. The van der Waals surface area contributed by atoms with Crippen molar-refractivity contribution >= 4 is 52.7 Å². The van der Waals surface area contributed by atoms with Crippen LogP contribution in [0.25, 0.3) is 0 Å². The maximum absolute atomic E-state index is 11.9. The minimum Gasteiger partial charge on any atom is -0.491 e. The van der Waals surface area contributed by atoms with Gasteiger partial charge in [0.05, 0.1) is 22.9 Å². The quantitative estimate of drug-likeness (QED) is 0.427. The van der Waals surface area contributed by atoms with E-state index in [-0.39, 0.29) is 22.8 Å². The first-order valence-corrected chi connectivity index (χ1v) is 9.86. The van der Waals surface area contributed by atoms with Crippen LogP contribution in [0, 0.1) is 0 Å². The Morgan fingerprint density at radius 1 is 1.00 bits per heavy atom. The van der Waals surface area contributed by atoms with E-state index in [1.807, 2.05) is 0 Å². The molecule has 0 atom stereocenters. The fraction of sp³-hybridized carbons (Fsp3) is 0.167. The number of carbonyl (C=O) groups excluding carboxylic acids is 2. The van der Waals surface area contributed by atoms with Gasteiger partial charge in [-0.25, -0.2) is 4.79 Å². The molecule has 0 unspecified atom stereocenters. The zero-order valence-electron chi connectivity index (χ0n) is 14.4. The molecule has 0 fully saturated rings. The molecule has 2 amide bonds. The van der Waals surface area contributed by atoms with Crippen molar-refractivity contribution in [2.45, 2.75) is 0 Å². The van der Waals surface area contributed by atoms with Crippen LogP contribution >= 0.6 is 35.0 Å². The summed E-state index contributed by atoms with van der Waals surface area (Å²) >= 11 is 13.1. The van der Waals surface area contributed by atoms with E-state index in [0.717, 1.165) is 0 Å². The third-order valence-electron chi connectivity index (χ3n) is 3.32. The summed E-state index contributed by atoms with van der Waals surface area (Å²) in [6.45, 7) is 0.349. The van der Waals surface area contributed by atoms with Gasteiger partial charge in [0.1, 0.15) is 5.75 Å². The summed E-state index contributed by atoms with van der Waals surface area (Å²) < 4.78 is 5.50. The van der Waals surface area contributed by atoms with E-state index in [4.69, 9.17) is 33.0 Å². The second-order valence-corrected chi connectivity index (χ2v) is 7.31. The number of halogens is 2. The van der Waals surface area contributed by atoms with Crippen molar-refractivity contribution in [1.82, 2.24) is 10.9 Å². The molecule has 148 valence electrons. The Kier molecular flexibility index (Phi) is 8.43. The summed E-state index contributed by atoms with van der Waals surface area (Å²) in [7, 11) is 0. The van der Waals surface area contributed by atoms with Crippen LogP contribution in [0.2, 0.25) is 10.0 Å². The van der Waals surface area contributed by atoms with Crippen molar-refractivity contribution < 1.29 is 24.2 Å². The monoisotopic (exact) mass is 442 g/mol. The third kappa shape index (κ3) is 6.95. The van der Waals surface area contributed by atoms with E-state index in [1.54, 1.807) is 18.2 Å². The van der Waals surface area contributed by atoms with Gasteiger partial charge in [-0.2, -0.15) is 0 Å². The number of amides is 2. The number of carboxylic acid groups (broad SMARTS) is 1. The molecule has 0 heterocycles. The number of nitrogens with one attached hydrogen (secondary N) is 2. The van der Waals surface area contributed by atoms with Gasteiger partial charge in [0.2, 0.25) is 5.91 Å². The smallest absolute Gasteiger partial charge is 0.335 e. The zero-order valence-corrected chi connectivity index (χ0v) is 16.7. The van der Waals surface area contributed by atoms with E-state index in [0.29, 0.717) is 28.2 Å². The van der Waals surface area contributed by atoms with Crippen molar-refractivity contribution in [1.29, 1.82) is 0 Å². The van der Waals surface area contributed by atoms with Gasteiger partial charge in [0.25, 0.3) is 5.91 Å². The van der Waals surface area contributed by atoms with Crippen LogP contribution < -0.4 is 15.6 Å². The van der Waals surface area contributed by atoms with Gasteiger partial charge in [0.15, 0.2) is 0 Å². The van der Waals surface area contributed by atoms with Gasteiger partial charge in [-0.1, -0.05) is 23.2 Å². The fourth-order valence-corrected chi connectivity index (χ4v) is 3.03. The second kappa shape index (κ2) is 10.8. The van der Waals surface area contributed by atoms with Gasteiger partial charge in [-0.05, 0) is 42.5 Å². The van der Waals surface area contributed by atoms with Gasteiger partial charge >= 0.3 is 5.97 Å². The molecule has 2 aromatic rings. The molecule has 0 saturated carbocycles. The lowest BCUT2D eigenvalue weighted by atomic mass is 10.1. The van der Waals surface area contributed by atoms with Gasteiger partial charge < -0.3 is 9.84 Å². The molecule has 0 spiro atoms. The van der Waals surface area contributed by atoms with Crippen LogP contribution in [0.5, 0.6) is 5.75 Å².